The van der Waals surface area contributed by atoms with Crippen LogP contribution in [0.1, 0.15) is 4.88 Å². The predicted molar refractivity (Wildman–Crippen MR) is 54.9 cm³/mol. The SMILES string of the molecule is Cn1cc(NCc2cccs2)cn1. The second-order valence-electron chi connectivity index (χ2n) is 2.84. The molecule has 0 saturated heterocycles. The van der Waals surface area contributed by atoms with Gasteiger partial charge in [-0.2, -0.15) is 5.10 Å². The van der Waals surface area contributed by atoms with Gasteiger partial charge in [-0.3, -0.25) is 4.68 Å². The van der Waals surface area contributed by atoms with E-state index in [2.05, 4.69) is 27.9 Å². The summed E-state index contributed by atoms with van der Waals surface area (Å²) in [4.78, 5) is 1.34. The average Bonchev–Trinajstić information content (AvgIpc) is 2.71. The maximum absolute atomic E-state index is 4.07. The normalized spacial score (nSPS) is 10.2. The van der Waals surface area contributed by atoms with E-state index in [0.29, 0.717) is 0 Å². The molecular formula is C9H11N3S. The molecule has 0 bridgehead atoms. The highest BCUT2D eigenvalue weighted by Crippen LogP contribution is 2.11. The molecule has 1 N–H and O–H groups in total. The molecule has 0 atom stereocenters. The van der Waals surface area contributed by atoms with E-state index < -0.39 is 0 Å². The lowest BCUT2D eigenvalue weighted by atomic mass is 10.4. The fourth-order valence-electron chi connectivity index (χ4n) is 1.11. The summed E-state index contributed by atoms with van der Waals surface area (Å²) in [5.74, 6) is 0. The molecule has 0 radical (unpaired) electrons. The third-order valence-electron chi connectivity index (χ3n) is 1.75. The summed E-state index contributed by atoms with van der Waals surface area (Å²) in [6, 6.07) is 4.18. The Morgan fingerprint density at radius 3 is 3.15 bits per heavy atom. The molecule has 68 valence electrons. The van der Waals surface area contributed by atoms with Gasteiger partial charge >= 0.3 is 0 Å². The van der Waals surface area contributed by atoms with Gasteiger partial charge in [-0.25, -0.2) is 0 Å². The first-order chi connectivity index (χ1) is 6.34. The third-order valence-corrected chi connectivity index (χ3v) is 2.63. The molecule has 2 aromatic heterocycles. The summed E-state index contributed by atoms with van der Waals surface area (Å²) in [5.41, 5.74) is 1.07. The van der Waals surface area contributed by atoms with Gasteiger partial charge in [0.25, 0.3) is 0 Å². The van der Waals surface area contributed by atoms with Crippen LogP contribution < -0.4 is 5.32 Å². The van der Waals surface area contributed by atoms with Gasteiger partial charge in [0.2, 0.25) is 0 Å². The van der Waals surface area contributed by atoms with Gasteiger partial charge in [0.1, 0.15) is 0 Å². The highest BCUT2D eigenvalue weighted by atomic mass is 32.1. The van der Waals surface area contributed by atoms with Crippen molar-refractivity contribution in [3.63, 3.8) is 0 Å². The second-order valence-corrected chi connectivity index (χ2v) is 3.87. The molecular weight excluding hydrogens is 182 g/mol. The number of nitrogens with zero attached hydrogens (tertiary/aromatic N) is 2. The van der Waals surface area contributed by atoms with Crippen molar-refractivity contribution in [3.05, 3.63) is 34.8 Å². The monoisotopic (exact) mass is 193 g/mol. The van der Waals surface area contributed by atoms with E-state index >= 15 is 0 Å². The minimum Gasteiger partial charge on any atom is -0.378 e. The van der Waals surface area contributed by atoms with Gasteiger partial charge in [0.15, 0.2) is 0 Å². The molecule has 0 amide bonds. The molecule has 13 heavy (non-hydrogen) atoms. The van der Waals surface area contributed by atoms with Crippen molar-refractivity contribution < 1.29 is 0 Å². The number of thiophene rings is 1. The van der Waals surface area contributed by atoms with Crippen LogP contribution in [-0.4, -0.2) is 9.78 Å². The smallest absolute Gasteiger partial charge is 0.0729 e. The molecule has 0 saturated carbocycles. The zero-order valence-electron chi connectivity index (χ0n) is 7.40. The minimum absolute atomic E-state index is 0.878. The van der Waals surface area contributed by atoms with Crippen molar-refractivity contribution in [1.82, 2.24) is 9.78 Å². The standard InChI is InChI=1S/C9H11N3S/c1-12-7-8(5-11-12)10-6-9-3-2-4-13-9/h2-5,7,10H,6H2,1H3. The number of hydrogen-bond donors (Lipinski definition) is 1. The lowest BCUT2D eigenvalue weighted by molar-refractivity contribution is 0.768. The van der Waals surface area contributed by atoms with Crippen LogP contribution >= 0.6 is 11.3 Å². The van der Waals surface area contributed by atoms with Gasteiger partial charge in [-0.05, 0) is 11.4 Å². The first-order valence-corrected chi connectivity index (χ1v) is 4.97. The highest BCUT2D eigenvalue weighted by molar-refractivity contribution is 7.09. The number of hydrogen-bond acceptors (Lipinski definition) is 3. The Morgan fingerprint density at radius 1 is 1.62 bits per heavy atom. The number of anilines is 1. The van der Waals surface area contributed by atoms with Crippen molar-refractivity contribution >= 4 is 17.0 Å². The van der Waals surface area contributed by atoms with E-state index in [1.165, 1.54) is 4.88 Å². The zero-order chi connectivity index (χ0) is 9.10. The number of nitrogens with one attached hydrogen (secondary N) is 1. The first kappa shape index (κ1) is 8.31. The van der Waals surface area contributed by atoms with Crippen molar-refractivity contribution in [3.8, 4) is 0 Å². The van der Waals surface area contributed by atoms with E-state index in [1.807, 2.05) is 19.4 Å². The summed E-state index contributed by atoms with van der Waals surface area (Å²) in [7, 11) is 1.91. The molecule has 0 spiro atoms. The van der Waals surface area contributed by atoms with E-state index in [4.69, 9.17) is 0 Å². The Bertz CT molecular complexity index is 364. The lowest BCUT2D eigenvalue weighted by Gasteiger charge is -1.99. The third kappa shape index (κ3) is 2.09. The average molecular weight is 193 g/mol. The van der Waals surface area contributed by atoms with Crippen molar-refractivity contribution in [1.29, 1.82) is 0 Å². The number of aromatic nitrogens is 2. The quantitative estimate of drug-likeness (QED) is 0.809. The molecule has 2 heterocycles. The number of rotatable bonds is 3. The maximum Gasteiger partial charge on any atom is 0.0729 e. The largest absolute Gasteiger partial charge is 0.378 e. The van der Waals surface area contributed by atoms with E-state index in [9.17, 15) is 0 Å². The highest BCUT2D eigenvalue weighted by Gasteiger charge is 1.95. The lowest BCUT2D eigenvalue weighted by Crippen LogP contribution is -1.95. The van der Waals surface area contributed by atoms with E-state index in [-0.39, 0.29) is 0 Å². The van der Waals surface area contributed by atoms with Crippen LogP contribution in [0.3, 0.4) is 0 Å². The van der Waals surface area contributed by atoms with Crippen LogP contribution in [0.4, 0.5) is 5.69 Å². The Labute approximate surface area is 81.0 Å². The summed E-state index contributed by atoms with van der Waals surface area (Å²) in [6.45, 7) is 0.878. The van der Waals surface area contributed by atoms with Gasteiger partial charge in [-0.1, -0.05) is 6.07 Å². The molecule has 2 aromatic rings. The molecule has 0 fully saturated rings. The predicted octanol–water partition coefficient (Wildman–Crippen LogP) is 2.09. The molecule has 3 nitrogen and oxygen atoms in total. The summed E-state index contributed by atoms with van der Waals surface area (Å²) in [6.07, 6.45) is 3.79. The van der Waals surface area contributed by atoms with Crippen LogP contribution in [0, 0.1) is 0 Å². The van der Waals surface area contributed by atoms with Crippen LogP contribution in [0.25, 0.3) is 0 Å². The Kier molecular flexibility index (Phi) is 2.31. The van der Waals surface area contributed by atoms with E-state index in [1.54, 1.807) is 16.0 Å². The van der Waals surface area contributed by atoms with Gasteiger partial charge < -0.3 is 5.32 Å². The Balaban J connectivity index is 1.93. The maximum atomic E-state index is 4.07. The fraction of sp³-hybridized carbons (Fsp3) is 0.222. The topological polar surface area (TPSA) is 29.9 Å². The molecule has 4 heteroatoms. The van der Waals surface area contributed by atoms with E-state index in [0.717, 1.165) is 12.2 Å². The summed E-state index contributed by atoms with van der Waals surface area (Å²) < 4.78 is 1.79. The van der Waals surface area contributed by atoms with Crippen LogP contribution in [0.5, 0.6) is 0 Å². The number of aryl methyl sites for hydroxylation is 1. The first-order valence-electron chi connectivity index (χ1n) is 4.09. The van der Waals surface area contributed by atoms with Gasteiger partial charge in [0.05, 0.1) is 11.9 Å². The molecule has 0 aromatic carbocycles. The van der Waals surface area contributed by atoms with Crippen LogP contribution in [0.15, 0.2) is 29.9 Å². The molecule has 0 aliphatic carbocycles. The minimum atomic E-state index is 0.878. The zero-order valence-corrected chi connectivity index (χ0v) is 8.21. The van der Waals surface area contributed by atoms with Gasteiger partial charge in [-0.15, -0.1) is 11.3 Å². The van der Waals surface area contributed by atoms with Crippen molar-refractivity contribution in [2.24, 2.45) is 7.05 Å². The molecule has 0 aliphatic heterocycles. The molecule has 2 rings (SSSR count). The van der Waals surface area contributed by atoms with Gasteiger partial charge in [0, 0.05) is 24.7 Å². The van der Waals surface area contributed by atoms with Crippen LogP contribution in [-0.2, 0) is 13.6 Å². The summed E-state index contributed by atoms with van der Waals surface area (Å²) >= 11 is 1.76. The van der Waals surface area contributed by atoms with Crippen LogP contribution in [0.2, 0.25) is 0 Å². The summed E-state index contributed by atoms with van der Waals surface area (Å²) in [5, 5.41) is 9.45. The molecule has 0 unspecified atom stereocenters. The Morgan fingerprint density at radius 2 is 2.54 bits per heavy atom. The second kappa shape index (κ2) is 3.62. The molecule has 0 aliphatic rings. The van der Waals surface area contributed by atoms with Crippen molar-refractivity contribution in [2.75, 3.05) is 5.32 Å². The fourth-order valence-corrected chi connectivity index (χ4v) is 1.76. The Hall–Kier alpha value is -1.29. The van der Waals surface area contributed by atoms with Crippen molar-refractivity contribution in [2.45, 2.75) is 6.54 Å².